The van der Waals surface area contributed by atoms with E-state index in [0.29, 0.717) is 24.7 Å². The van der Waals surface area contributed by atoms with E-state index in [2.05, 4.69) is 40.4 Å². The minimum absolute atomic E-state index is 0.00281. The maximum Gasteiger partial charge on any atom is 0.507 e. The third-order valence-electron chi connectivity index (χ3n) is 6.51. The highest BCUT2D eigenvalue weighted by molar-refractivity contribution is 6.07. The molecule has 1 saturated heterocycles. The molecule has 0 bridgehead atoms. The number of rotatable bonds is 6. The molecular formula is C25H26F4N8O4. The van der Waals surface area contributed by atoms with Gasteiger partial charge in [0.1, 0.15) is 17.2 Å². The number of carbonyl (C=O) groups is 2. The van der Waals surface area contributed by atoms with E-state index < -0.39 is 29.6 Å². The second-order valence-electron chi connectivity index (χ2n) is 9.51. The summed E-state index contributed by atoms with van der Waals surface area (Å²) in [5.41, 5.74) is 0.880. The lowest BCUT2D eigenvalue weighted by atomic mass is 10.2. The molecule has 0 saturated carbocycles. The van der Waals surface area contributed by atoms with Crippen LogP contribution in [0.4, 0.5) is 39.7 Å². The van der Waals surface area contributed by atoms with E-state index in [1.807, 2.05) is 7.05 Å². The van der Waals surface area contributed by atoms with Gasteiger partial charge < -0.3 is 29.9 Å². The molecule has 2 aliphatic heterocycles. The van der Waals surface area contributed by atoms with Crippen LogP contribution in [0.5, 0.6) is 11.5 Å². The maximum absolute atomic E-state index is 13.6. The number of amides is 3. The van der Waals surface area contributed by atoms with Crippen LogP contribution >= 0.6 is 0 Å². The highest BCUT2D eigenvalue weighted by Gasteiger charge is 2.65. The van der Waals surface area contributed by atoms with Crippen molar-refractivity contribution in [3.05, 3.63) is 53.9 Å². The predicted molar refractivity (Wildman–Crippen MR) is 138 cm³/mol. The Bertz CT molecular complexity index is 1460. The lowest BCUT2D eigenvalue weighted by Gasteiger charge is -2.32. The van der Waals surface area contributed by atoms with Gasteiger partial charge in [-0.25, -0.2) is 9.78 Å². The van der Waals surface area contributed by atoms with Gasteiger partial charge in [0.25, 0.3) is 5.91 Å². The third-order valence-corrected chi connectivity index (χ3v) is 6.51. The predicted octanol–water partition coefficient (Wildman–Crippen LogP) is 3.42. The van der Waals surface area contributed by atoms with E-state index in [9.17, 15) is 27.2 Å². The number of fused-ring (bicyclic) bond motifs is 1. The maximum atomic E-state index is 13.6. The van der Waals surface area contributed by atoms with Crippen molar-refractivity contribution in [2.45, 2.75) is 18.8 Å². The molecule has 3 aromatic rings. The number of halogens is 4. The molecule has 41 heavy (non-hydrogen) atoms. The molecule has 0 spiro atoms. The van der Waals surface area contributed by atoms with E-state index in [-0.39, 0.29) is 23.8 Å². The summed E-state index contributed by atoms with van der Waals surface area (Å²) in [6.07, 6.45) is -6.87. The zero-order chi connectivity index (χ0) is 29.4. The van der Waals surface area contributed by atoms with Gasteiger partial charge in [0.15, 0.2) is 11.5 Å². The van der Waals surface area contributed by atoms with Crippen molar-refractivity contribution in [2.75, 3.05) is 49.2 Å². The first kappa shape index (κ1) is 27.9. The zero-order valence-corrected chi connectivity index (χ0v) is 22.0. The van der Waals surface area contributed by atoms with Crippen LogP contribution in [-0.2, 0) is 13.6 Å². The molecule has 1 fully saturated rings. The second-order valence-corrected chi connectivity index (χ2v) is 9.51. The Balaban J connectivity index is 1.23. The lowest BCUT2D eigenvalue weighted by molar-refractivity contribution is -0.391. The molecule has 2 aromatic heterocycles. The number of hydrogen-bond acceptors (Lipinski definition) is 8. The topological polar surface area (TPSA) is 126 Å². The Kier molecular flexibility index (Phi) is 7.33. The zero-order valence-electron chi connectivity index (χ0n) is 22.0. The van der Waals surface area contributed by atoms with Crippen LogP contribution in [0, 0.1) is 0 Å². The highest BCUT2D eigenvalue weighted by atomic mass is 19.3. The quantitative estimate of drug-likeness (QED) is 0.380. The summed E-state index contributed by atoms with van der Waals surface area (Å²) < 4.78 is 63.5. The Morgan fingerprint density at radius 2 is 1.66 bits per heavy atom. The fraction of sp³-hybridized carbons (Fsp3) is 0.360. The Labute approximate surface area is 231 Å². The van der Waals surface area contributed by atoms with Gasteiger partial charge in [0, 0.05) is 57.7 Å². The number of nitrogens with one attached hydrogen (secondary N) is 3. The number of carbonyl (C=O) groups excluding carboxylic acids is 2. The monoisotopic (exact) mass is 578 g/mol. The molecule has 16 heteroatoms. The average Bonchev–Trinajstić information content (AvgIpc) is 3.29. The summed E-state index contributed by atoms with van der Waals surface area (Å²) >= 11 is 0. The molecule has 0 aliphatic carbocycles. The smallest absolute Gasteiger partial charge is 0.421 e. The fourth-order valence-electron chi connectivity index (χ4n) is 4.19. The van der Waals surface area contributed by atoms with Crippen molar-refractivity contribution in [3.8, 4) is 11.5 Å². The van der Waals surface area contributed by atoms with Crippen molar-refractivity contribution in [2.24, 2.45) is 7.05 Å². The number of benzene rings is 1. The van der Waals surface area contributed by atoms with Crippen molar-refractivity contribution < 1.29 is 36.6 Å². The van der Waals surface area contributed by atoms with Gasteiger partial charge in [-0.2, -0.15) is 22.7 Å². The molecule has 12 nitrogen and oxygen atoms in total. The van der Waals surface area contributed by atoms with Gasteiger partial charge in [-0.1, -0.05) is 0 Å². The van der Waals surface area contributed by atoms with Crippen LogP contribution in [0.1, 0.15) is 15.9 Å². The number of aromatic nitrogens is 3. The molecule has 4 heterocycles. The lowest BCUT2D eigenvalue weighted by Crippen LogP contribution is -2.52. The van der Waals surface area contributed by atoms with Crippen LogP contribution in [-0.4, -0.2) is 81.9 Å². The van der Waals surface area contributed by atoms with Crippen LogP contribution in [0.15, 0.2) is 42.7 Å². The first-order chi connectivity index (χ1) is 19.4. The number of pyridine rings is 1. The average molecular weight is 579 g/mol. The molecule has 2 aliphatic rings. The number of likely N-dealkylation sites (N-methyl/N-ethyl adjacent to an activating group) is 1. The number of nitrogens with zero attached hydrogens (tertiary/aromatic N) is 5. The molecule has 3 amide bonds. The third kappa shape index (κ3) is 5.96. The van der Waals surface area contributed by atoms with E-state index >= 15 is 0 Å². The van der Waals surface area contributed by atoms with Gasteiger partial charge in [0.05, 0.1) is 6.20 Å². The Morgan fingerprint density at radius 3 is 2.39 bits per heavy atom. The Morgan fingerprint density at radius 1 is 0.951 bits per heavy atom. The summed E-state index contributed by atoms with van der Waals surface area (Å²) in [6.45, 7) is 3.05. The molecule has 0 radical (unpaired) electrons. The van der Waals surface area contributed by atoms with Crippen LogP contribution < -0.4 is 25.4 Å². The second kappa shape index (κ2) is 10.8. The van der Waals surface area contributed by atoms with Crippen molar-refractivity contribution in [1.82, 2.24) is 24.6 Å². The first-order valence-electron chi connectivity index (χ1n) is 12.5. The summed E-state index contributed by atoms with van der Waals surface area (Å²) in [5, 5.41) is 12.5. The SMILES string of the molecule is CN1CCN(C(=O)Nc2cc(CNc3c(C(=O)Nc4ccc5c(c4)OC(F)(F)C(F)(F)O5)cnn3C)ccn2)CC1. The van der Waals surface area contributed by atoms with Gasteiger partial charge >= 0.3 is 18.2 Å². The number of aryl methyl sites for hydroxylation is 1. The van der Waals surface area contributed by atoms with Crippen molar-refractivity contribution in [3.63, 3.8) is 0 Å². The van der Waals surface area contributed by atoms with E-state index in [1.54, 1.807) is 30.3 Å². The largest absolute Gasteiger partial charge is 0.507 e. The van der Waals surface area contributed by atoms with Crippen LogP contribution in [0.3, 0.4) is 0 Å². The number of anilines is 3. The fourth-order valence-corrected chi connectivity index (χ4v) is 4.19. The van der Waals surface area contributed by atoms with Gasteiger partial charge in [-0.15, -0.1) is 0 Å². The first-order valence-corrected chi connectivity index (χ1v) is 12.5. The molecule has 218 valence electrons. The van der Waals surface area contributed by atoms with Crippen molar-refractivity contribution >= 4 is 29.3 Å². The molecule has 5 rings (SSSR count). The van der Waals surface area contributed by atoms with Gasteiger partial charge in [-0.3, -0.25) is 14.8 Å². The number of hydrogen-bond donors (Lipinski definition) is 3. The van der Waals surface area contributed by atoms with Gasteiger partial charge in [0.2, 0.25) is 0 Å². The van der Waals surface area contributed by atoms with E-state index in [4.69, 9.17) is 0 Å². The van der Waals surface area contributed by atoms with Crippen molar-refractivity contribution in [1.29, 1.82) is 0 Å². The Hall–Kier alpha value is -4.60. The summed E-state index contributed by atoms with van der Waals surface area (Å²) in [5.74, 6) is -1.19. The van der Waals surface area contributed by atoms with Crippen LogP contribution in [0.2, 0.25) is 0 Å². The number of urea groups is 1. The summed E-state index contributed by atoms with van der Waals surface area (Å²) in [4.78, 5) is 33.6. The molecule has 1 aromatic carbocycles. The van der Waals surface area contributed by atoms with E-state index in [0.717, 1.165) is 30.8 Å². The number of piperazine rings is 1. The number of ether oxygens (including phenoxy) is 2. The normalized spacial score (nSPS) is 17.6. The molecule has 3 N–H and O–H groups in total. The molecule has 0 unspecified atom stereocenters. The minimum Gasteiger partial charge on any atom is -0.421 e. The van der Waals surface area contributed by atoms with Gasteiger partial charge in [-0.05, 0) is 36.9 Å². The summed E-state index contributed by atoms with van der Waals surface area (Å²) in [7, 11) is 3.61. The van der Waals surface area contributed by atoms with Crippen LogP contribution in [0.25, 0.3) is 0 Å². The van der Waals surface area contributed by atoms with E-state index in [1.165, 1.54) is 16.9 Å². The molecular weight excluding hydrogens is 552 g/mol. The minimum atomic E-state index is -4.89. The highest BCUT2D eigenvalue weighted by Crippen LogP contribution is 2.47. The molecule has 0 atom stereocenters. The standard InChI is InChI=1S/C25H26F4N8O4/c1-35-7-9-37(10-8-35)23(39)34-20-11-15(5-6-30-20)13-31-21-17(14-32-36(21)2)22(38)33-16-3-4-18-19(12-16)41-25(28,29)24(26,27)40-18/h3-6,11-12,14,31H,7-10,13H2,1-2H3,(H,33,38)(H,30,34,39). The number of alkyl halides is 4. The summed E-state index contributed by atoms with van der Waals surface area (Å²) in [6, 6.07) is 6.35.